The molecule has 3 atom stereocenters. The summed E-state index contributed by atoms with van der Waals surface area (Å²) in [6.07, 6.45) is 0.490. The van der Waals surface area contributed by atoms with Gasteiger partial charge in [-0.05, 0) is 20.3 Å². The number of carbonyl (C=O) groups excluding carboxylic acids is 1. The molecular formula is C12H19N3O3. The fraction of sp³-hybridized carbons (Fsp3) is 0.750. The molecule has 3 unspecified atom stereocenters. The van der Waals surface area contributed by atoms with Crippen molar-refractivity contribution in [3.05, 3.63) is 0 Å². The summed E-state index contributed by atoms with van der Waals surface area (Å²) in [5.41, 5.74) is 0. The van der Waals surface area contributed by atoms with E-state index in [9.17, 15) is 9.59 Å². The van der Waals surface area contributed by atoms with Crippen LogP contribution in [0.25, 0.3) is 0 Å². The third-order valence-corrected chi connectivity index (χ3v) is 3.41. The van der Waals surface area contributed by atoms with Crippen molar-refractivity contribution in [1.82, 2.24) is 9.80 Å². The van der Waals surface area contributed by atoms with E-state index in [1.165, 1.54) is 4.90 Å². The average molecular weight is 253 g/mol. The summed E-state index contributed by atoms with van der Waals surface area (Å²) >= 11 is 0. The molecule has 1 aliphatic rings. The van der Waals surface area contributed by atoms with Gasteiger partial charge in [0, 0.05) is 26.2 Å². The van der Waals surface area contributed by atoms with E-state index >= 15 is 0 Å². The van der Waals surface area contributed by atoms with Crippen molar-refractivity contribution in [3.8, 4) is 6.07 Å². The lowest BCUT2D eigenvalue weighted by molar-refractivity contribution is -0.142. The first-order chi connectivity index (χ1) is 8.38. The van der Waals surface area contributed by atoms with E-state index in [2.05, 4.69) is 6.07 Å². The van der Waals surface area contributed by atoms with Crippen LogP contribution in [0, 0.1) is 23.2 Å². The Morgan fingerprint density at radius 3 is 2.67 bits per heavy atom. The van der Waals surface area contributed by atoms with Gasteiger partial charge >= 0.3 is 12.0 Å². The second kappa shape index (κ2) is 5.71. The summed E-state index contributed by atoms with van der Waals surface area (Å²) in [4.78, 5) is 26.2. The van der Waals surface area contributed by atoms with Crippen molar-refractivity contribution in [2.24, 2.45) is 11.8 Å². The normalized spacial score (nSPS) is 24.4. The second-order valence-corrected chi connectivity index (χ2v) is 4.86. The van der Waals surface area contributed by atoms with Crippen molar-refractivity contribution in [1.29, 1.82) is 5.26 Å². The molecule has 1 aliphatic heterocycles. The Kier molecular flexibility index (Phi) is 4.54. The van der Waals surface area contributed by atoms with Crippen LogP contribution in [0.1, 0.15) is 20.3 Å². The van der Waals surface area contributed by atoms with Gasteiger partial charge < -0.3 is 14.9 Å². The maximum atomic E-state index is 12.1. The molecular weight excluding hydrogens is 234 g/mol. The Balaban J connectivity index is 2.63. The molecule has 0 aromatic rings. The van der Waals surface area contributed by atoms with Crippen LogP contribution in [0.5, 0.6) is 0 Å². The summed E-state index contributed by atoms with van der Waals surface area (Å²) in [5, 5.41) is 17.7. The molecule has 100 valence electrons. The summed E-state index contributed by atoms with van der Waals surface area (Å²) in [5.74, 6) is -1.58. The topological polar surface area (TPSA) is 84.6 Å². The first-order valence-corrected chi connectivity index (χ1v) is 6.02. The number of aliphatic carboxylic acids is 1. The summed E-state index contributed by atoms with van der Waals surface area (Å²) in [6.45, 7) is 4.32. The predicted octanol–water partition coefficient (Wildman–Crippen LogP) is 0.993. The summed E-state index contributed by atoms with van der Waals surface area (Å²) in [7, 11) is 1.64. The Bertz CT molecular complexity index is 377. The maximum absolute atomic E-state index is 12.1. The third-order valence-electron chi connectivity index (χ3n) is 3.41. The number of carboxylic acids is 1. The molecule has 2 amide bonds. The van der Waals surface area contributed by atoms with Crippen LogP contribution in [-0.4, -0.2) is 53.1 Å². The highest BCUT2D eigenvalue weighted by Crippen LogP contribution is 2.25. The van der Waals surface area contributed by atoms with E-state index in [-0.39, 0.29) is 18.0 Å². The van der Waals surface area contributed by atoms with E-state index in [1.807, 2.05) is 0 Å². The standard InChI is InChI=1S/C12H19N3O3/c1-8(6-13)7-14(3)12(18)15-5-4-10(9(15)2)11(16)17/h8-10H,4-5,7H2,1-3H3,(H,16,17). The number of carbonyl (C=O) groups is 2. The Morgan fingerprint density at radius 2 is 2.22 bits per heavy atom. The molecule has 0 aromatic carbocycles. The lowest BCUT2D eigenvalue weighted by atomic mass is 10.0. The summed E-state index contributed by atoms with van der Waals surface area (Å²) < 4.78 is 0. The van der Waals surface area contributed by atoms with Crippen molar-refractivity contribution >= 4 is 12.0 Å². The number of hydrogen-bond donors (Lipinski definition) is 1. The molecule has 0 spiro atoms. The molecule has 0 bridgehead atoms. The van der Waals surface area contributed by atoms with E-state index in [0.717, 1.165) is 0 Å². The maximum Gasteiger partial charge on any atom is 0.320 e. The van der Waals surface area contributed by atoms with Crippen LogP contribution in [0.3, 0.4) is 0 Å². The Labute approximate surface area is 107 Å². The van der Waals surface area contributed by atoms with Gasteiger partial charge in [-0.2, -0.15) is 5.26 Å². The zero-order valence-electron chi connectivity index (χ0n) is 11.0. The number of nitrogens with zero attached hydrogens (tertiary/aromatic N) is 3. The van der Waals surface area contributed by atoms with Crippen molar-refractivity contribution in [2.75, 3.05) is 20.1 Å². The molecule has 0 radical (unpaired) electrons. The molecule has 0 aliphatic carbocycles. The number of carboxylic acid groups (broad SMARTS) is 1. The average Bonchev–Trinajstić information content (AvgIpc) is 2.69. The molecule has 1 heterocycles. The fourth-order valence-electron chi connectivity index (χ4n) is 2.29. The number of nitriles is 1. The highest BCUT2D eigenvalue weighted by atomic mass is 16.4. The molecule has 1 rings (SSSR count). The lowest BCUT2D eigenvalue weighted by Gasteiger charge is -2.29. The van der Waals surface area contributed by atoms with E-state index in [4.69, 9.17) is 10.4 Å². The SMILES string of the molecule is CC(C#N)CN(C)C(=O)N1CCC(C(=O)O)C1C. The van der Waals surface area contributed by atoms with Gasteiger partial charge in [0.25, 0.3) is 0 Å². The van der Waals surface area contributed by atoms with Crippen LogP contribution in [0.2, 0.25) is 0 Å². The lowest BCUT2D eigenvalue weighted by Crippen LogP contribution is -2.45. The molecule has 6 nitrogen and oxygen atoms in total. The van der Waals surface area contributed by atoms with Crippen LogP contribution in [0.4, 0.5) is 4.79 Å². The Morgan fingerprint density at radius 1 is 1.61 bits per heavy atom. The van der Waals surface area contributed by atoms with Crippen LogP contribution < -0.4 is 0 Å². The number of rotatable bonds is 3. The number of likely N-dealkylation sites (tertiary alicyclic amines) is 1. The fourth-order valence-corrected chi connectivity index (χ4v) is 2.29. The van der Waals surface area contributed by atoms with E-state index in [1.54, 1.807) is 25.8 Å². The van der Waals surface area contributed by atoms with Crippen molar-refractivity contribution < 1.29 is 14.7 Å². The monoisotopic (exact) mass is 253 g/mol. The highest BCUT2D eigenvalue weighted by Gasteiger charge is 2.39. The van der Waals surface area contributed by atoms with Gasteiger partial charge in [0.05, 0.1) is 17.9 Å². The van der Waals surface area contributed by atoms with Gasteiger partial charge in [-0.1, -0.05) is 0 Å². The minimum absolute atomic E-state index is 0.201. The van der Waals surface area contributed by atoms with Gasteiger partial charge in [-0.25, -0.2) is 4.79 Å². The van der Waals surface area contributed by atoms with Gasteiger partial charge in [0.15, 0.2) is 0 Å². The van der Waals surface area contributed by atoms with E-state index < -0.39 is 11.9 Å². The number of hydrogen-bond acceptors (Lipinski definition) is 3. The first kappa shape index (κ1) is 14.3. The van der Waals surface area contributed by atoms with Gasteiger partial charge in [-0.15, -0.1) is 0 Å². The quantitative estimate of drug-likeness (QED) is 0.813. The molecule has 1 N–H and O–H groups in total. The third kappa shape index (κ3) is 2.92. The molecule has 1 fully saturated rings. The van der Waals surface area contributed by atoms with Gasteiger partial charge in [0.1, 0.15) is 0 Å². The molecule has 0 aromatic heterocycles. The smallest absolute Gasteiger partial charge is 0.320 e. The Hall–Kier alpha value is -1.77. The number of urea groups is 1. The van der Waals surface area contributed by atoms with Crippen LogP contribution in [-0.2, 0) is 4.79 Å². The molecule has 1 saturated heterocycles. The predicted molar refractivity (Wildman–Crippen MR) is 64.7 cm³/mol. The minimum atomic E-state index is -0.856. The largest absolute Gasteiger partial charge is 0.481 e. The minimum Gasteiger partial charge on any atom is -0.481 e. The van der Waals surface area contributed by atoms with Crippen LogP contribution >= 0.6 is 0 Å². The molecule has 6 heteroatoms. The highest BCUT2D eigenvalue weighted by molar-refractivity contribution is 5.78. The zero-order chi connectivity index (χ0) is 13.9. The summed E-state index contributed by atoms with van der Waals surface area (Å²) in [6, 6.07) is 1.58. The zero-order valence-corrected chi connectivity index (χ0v) is 11.0. The van der Waals surface area contributed by atoms with Gasteiger partial charge in [0.2, 0.25) is 0 Å². The van der Waals surface area contributed by atoms with Crippen LogP contribution in [0.15, 0.2) is 0 Å². The number of amides is 2. The first-order valence-electron chi connectivity index (χ1n) is 6.02. The van der Waals surface area contributed by atoms with E-state index in [0.29, 0.717) is 19.5 Å². The molecule has 18 heavy (non-hydrogen) atoms. The van der Waals surface area contributed by atoms with Crippen molar-refractivity contribution in [3.63, 3.8) is 0 Å². The molecule has 0 saturated carbocycles. The second-order valence-electron chi connectivity index (χ2n) is 4.86. The van der Waals surface area contributed by atoms with Crippen molar-refractivity contribution in [2.45, 2.75) is 26.3 Å². The van der Waals surface area contributed by atoms with Gasteiger partial charge in [-0.3, -0.25) is 4.79 Å².